The normalized spacial score (nSPS) is 18.8. The monoisotopic (exact) mass is 427 g/mol. The lowest BCUT2D eigenvalue weighted by Gasteiger charge is -2.06. The molecule has 2 heterocycles. The summed E-state index contributed by atoms with van der Waals surface area (Å²) in [6.07, 6.45) is 0. The van der Waals surface area contributed by atoms with Crippen molar-refractivity contribution in [3.8, 4) is 11.4 Å². The van der Waals surface area contributed by atoms with Crippen molar-refractivity contribution in [2.45, 2.75) is 23.9 Å². The van der Waals surface area contributed by atoms with Gasteiger partial charge in [0.1, 0.15) is 0 Å². The molecular formula is C15H16BrN4O4S+. The Morgan fingerprint density at radius 2 is 2.16 bits per heavy atom. The summed E-state index contributed by atoms with van der Waals surface area (Å²) >= 11 is 3.51. The van der Waals surface area contributed by atoms with Crippen LogP contribution in [0.4, 0.5) is 5.69 Å². The van der Waals surface area contributed by atoms with E-state index in [-0.39, 0.29) is 27.8 Å². The number of benzene rings is 1. The van der Waals surface area contributed by atoms with Gasteiger partial charge in [-0.3, -0.25) is 14.7 Å². The van der Waals surface area contributed by atoms with E-state index in [9.17, 15) is 14.9 Å². The number of carbonyl (C=O) groups excluding carboxylic acids is 1. The number of hydrogen-bond acceptors (Lipinski definition) is 6. The number of esters is 1. The summed E-state index contributed by atoms with van der Waals surface area (Å²) < 4.78 is 7.07. The molecule has 2 unspecified atom stereocenters. The first-order valence-corrected chi connectivity index (χ1v) is 10.2. The zero-order chi connectivity index (χ0) is 18.0. The third-order valence-corrected chi connectivity index (χ3v) is 7.48. The molecule has 10 heteroatoms. The number of aromatic nitrogens is 3. The van der Waals surface area contributed by atoms with E-state index in [0.717, 1.165) is 16.0 Å². The minimum atomic E-state index is -0.435. The van der Waals surface area contributed by atoms with E-state index >= 15 is 0 Å². The van der Waals surface area contributed by atoms with Crippen molar-refractivity contribution in [1.82, 2.24) is 14.8 Å². The number of nitrogens with zero attached hydrogens (tertiary/aromatic N) is 4. The SMILES string of the molecule is CCOC(=O)C[S+]1c2nnc(-c3ccc([N+](=O)[O-])cc3)n2CC1CBr. The van der Waals surface area contributed by atoms with Crippen molar-refractivity contribution in [2.24, 2.45) is 0 Å². The second-order valence-corrected chi connectivity index (χ2v) is 8.20. The smallest absolute Gasteiger partial charge is 0.356 e. The Balaban J connectivity index is 1.89. The molecule has 132 valence electrons. The molecule has 0 radical (unpaired) electrons. The van der Waals surface area contributed by atoms with Crippen molar-refractivity contribution in [3.63, 3.8) is 0 Å². The van der Waals surface area contributed by atoms with Gasteiger partial charge in [0.25, 0.3) is 5.69 Å². The Labute approximate surface area is 155 Å². The molecule has 0 saturated heterocycles. The van der Waals surface area contributed by atoms with Crippen LogP contribution in [0.15, 0.2) is 29.4 Å². The molecule has 2 aromatic rings. The lowest BCUT2D eigenvalue weighted by Crippen LogP contribution is -2.28. The van der Waals surface area contributed by atoms with E-state index < -0.39 is 4.92 Å². The predicted octanol–water partition coefficient (Wildman–Crippen LogP) is 2.17. The Hall–Kier alpha value is -1.94. The summed E-state index contributed by atoms with van der Waals surface area (Å²) in [4.78, 5) is 22.3. The highest BCUT2D eigenvalue weighted by atomic mass is 79.9. The highest BCUT2D eigenvalue weighted by Gasteiger charge is 2.47. The number of nitro benzene ring substituents is 1. The number of alkyl halides is 1. The maximum absolute atomic E-state index is 11.9. The third-order valence-electron chi connectivity index (χ3n) is 3.83. The van der Waals surface area contributed by atoms with E-state index in [1.165, 1.54) is 12.1 Å². The molecule has 25 heavy (non-hydrogen) atoms. The maximum atomic E-state index is 11.9. The van der Waals surface area contributed by atoms with Crippen LogP contribution in [0.1, 0.15) is 6.92 Å². The van der Waals surface area contributed by atoms with Crippen LogP contribution < -0.4 is 0 Å². The fourth-order valence-corrected chi connectivity index (χ4v) is 5.91. The molecular weight excluding hydrogens is 412 g/mol. The van der Waals surface area contributed by atoms with E-state index in [2.05, 4.69) is 26.1 Å². The zero-order valence-corrected chi connectivity index (χ0v) is 15.8. The van der Waals surface area contributed by atoms with Crippen LogP contribution in [0, 0.1) is 10.1 Å². The molecule has 1 aliphatic rings. The first kappa shape index (κ1) is 17.9. The quantitative estimate of drug-likeness (QED) is 0.230. The van der Waals surface area contributed by atoms with Crippen LogP contribution in [0.3, 0.4) is 0 Å². The molecule has 1 aromatic carbocycles. The first-order valence-electron chi connectivity index (χ1n) is 7.64. The van der Waals surface area contributed by atoms with Crippen LogP contribution >= 0.6 is 15.9 Å². The van der Waals surface area contributed by atoms with Gasteiger partial charge in [0.2, 0.25) is 5.75 Å². The van der Waals surface area contributed by atoms with Crippen LogP contribution in [-0.2, 0) is 27.0 Å². The minimum Gasteiger partial charge on any atom is -0.463 e. The number of hydrogen-bond donors (Lipinski definition) is 0. The van der Waals surface area contributed by atoms with Gasteiger partial charge in [0.15, 0.2) is 11.1 Å². The molecule has 0 fully saturated rings. The molecule has 2 atom stereocenters. The largest absolute Gasteiger partial charge is 0.463 e. The van der Waals surface area contributed by atoms with Crippen LogP contribution in [0.5, 0.6) is 0 Å². The standard InChI is InChI=1S/C15H16BrN4O4S/c1-2-24-13(21)9-25-12(7-16)8-19-14(17-18-15(19)25)10-3-5-11(6-4-10)20(22)23/h3-6,12H,2,7-9H2,1H3/q+1. The molecule has 1 aliphatic heterocycles. The van der Waals surface area contributed by atoms with Gasteiger partial charge in [-0.1, -0.05) is 21.0 Å². The Morgan fingerprint density at radius 3 is 2.76 bits per heavy atom. The maximum Gasteiger partial charge on any atom is 0.356 e. The van der Waals surface area contributed by atoms with Crippen molar-refractivity contribution in [3.05, 3.63) is 34.4 Å². The van der Waals surface area contributed by atoms with Gasteiger partial charge in [-0.2, -0.15) is 0 Å². The van der Waals surface area contributed by atoms with Crippen molar-refractivity contribution in [1.29, 1.82) is 0 Å². The Kier molecular flexibility index (Phi) is 5.38. The van der Waals surface area contributed by atoms with Gasteiger partial charge in [-0.05, 0) is 19.1 Å². The number of nitro groups is 1. The van der Waals surface area contributed by atoms with Crippen LogP contribution in [0.2, 0.25) is 0 Å². The van der Waals surface area contributed by atoms with E-state index in [1.54, 1.807) is 19.1 Å². The van der Waals surface area contributed by atoms with Gasteiger partial charge < -0.3 is 4.74 Å². The summed E-state index contributed by atoms with van der Waals surface area (Å²) in [5.41, 5.74) is 0.796. The van der Waals surface area contributed by atoms with E-state index in [1.807, 2.05) is 4.57 Å². The summed E-state index contributed by atoms with van der Waals surface area (Å²) in [5, 5.41) is 21.1. The fraction of sp³-hybridized carbons (Fsp3) is 0.400. The summed E-state index contributed by atoms with van der Waals surface area (Å²) in [5.74, 6) is 0.725. The van der Waals surface area contributed by atoms with Gasteiger partial charge in [0, 0.05) is 17.7 Å². The first-order chi connectivity index (χ1) is 12.0. The molecule has 0 bridgehead atoms. The highest BCUT2D eigenvalue weighted by Crippen LogP contribution is 2.32. The van der Waals surface area contributed by atoms with Gasteiger partial charge in [0.05, 0.1) is 34.3 Å². The average Bonchev–Trinajstić information content (AvgIpc) is 3.15. The second-order valence-electron chi connectivity index (χ2n) is 5.38. The Morgan fingerprint density at radius 1 is 1.44 bits per heavy atom. The van der Waals surface area contributed by atoms with Gasteiger partial charge >= 0.3 is 11.1 Å². The summed E-state index contributed by atoms with van der Waals surface area (Å²) in [6.45, 7) is 2.84. The molecule has 0 saturated carbocycles. The molecule has 0 spiro atoms. The number of rotatable bonds is 6. The summed E-state index contributed by atoms with van der Waals surface area (Å²) in [6, 6.07) is 6.24. The topological polar surface area (TPSA) is 100 Å². The van der Waals surface area contributed by atoms with Gasteiger partial charge in [-0.15, -0.1) is 5.10 Å². The van der Waals surface area contributed by atoms with Crippen molar-refractivity contribution >= 4 is 38.5 Å². The fourth-order valence-electron chi connectivity index (χ4n) is 2.67. The van der Waals surface area contributed by atoms with Crippen molar-refractivity contribution in [2.75, 3.05) is 17.7 Å². The third kappa shape index (κ3) is 3.54. The zero-order valence-electron chi connectivity index (χ0n) is 13.4. The molecule has 1 aromatic heterocycles. The number of ether oxygens (including phenoxy) is 1. The number of non-ortho nitro benzene ring substituents is 1. The highest BCUT2D eigenvalue weighted by molar-refractivity contribution is 9.09. The lowest BCUT2D eigenvalue weighted by molar-refractivity contribution is -0.384. The Bertz CT molecular complexity index is 795. The van der Waals surface area contributed by atoms with Crippen molar-refractivity contribution < 1.29 is 14.5 Å². The lowest BCUT2D eigenvalue weighted by atomic mass is 10.2. The van der Waals surface area contributed by atoms with Crippen LogP contribution in [-0.4, -0.2) is 48.6 Å². The van der Waals surface area contributed by atoms with E-state index in [4.69, 9.17) is 4.74 Å². The molecule has 8 nitrogen and oxygen atoms in total. The molecule has 0 N–H and O–H groups in total. The number of carbonyl (C=O) groups is 1. The molecule has 3 rings (SSSR count). The second kappa shape index (κ2) is 7.52. The minimum absolute atomic E-state index is 0.0327. The van der Waals surface area contributed by atoms with Crippen LogP contribution in [0.25, 0.3) is 11.4 Å². The number of halogens is 1. The van der Waals surface area contributed by atoms with Gasteiger partial charge in [-0.25, -0.2) is 4.79 Å². The average molecular weight is 428 g/mol. The summed E-state index contributed by atoms with van der Waals surface area (Å²) in [7, 11) is -0.377. The predicted molar refractivity (Wildman–Crippen MR) is 96.8 cm³/mol. The molecule has 0 aliphatic carbocycles. The number of fused-ring (bicyclic) bond motifs is 1. The van der Waals surface area contributed by atoms with E-state index in [0.29, 0.717) is 24.7 Å². The molecule has 0 amide bonds.